The Balaban J connectivity index is 2.44. The van der Waals surface area contributed by atoms with Gasteiger partial charge in [-0.05, 0) is 31.6 Å². The second-order valence-electron chi connectivity index (χ2n) is 7.24. The molecule has 0 aromatic carbocycles. The van der Waals surface area contributed by atoms with Crippen molar-refractivity contribution >= 4 is 5.97 Å². The Morgan fingerprint density at radius 2 is 1.96 bits per heavy atom. The third-order valence-electron chi connectivity index (χ3n) is 5.13. The van der Waals surface area contributed by atoms with Gasteiger partial charge in [-0.1, -0.05) is 50.5 Å². The first-order valence-corrected chi connectivity index (χ1v) is 9.93. The first-order valence-electron chi connectivity index (χ1n) is 9.93. The van der Waals surface area contributed by atoms with E-state index in [1.165, 1.54) is 7.11 Å². The van der Waals surface area contributed by atoms with Crippen LogP contribution in [0, 0.1) is 11.8 Å². The van der Waals surface area contributed by atoms with Crippen LogP contribution in [-0.4, -0.2) is 46.7 Å². The lowest BCUT2D eigenvalue weighted by molar-refractivity contribution is -0.140. The maximum Gasteiger partial charge on any atom is 0.305 e. The average Bonchev–Trinajstić information content (AvgIpc) is 2.89. The van der Waals surface area contributed by atoms with E-state index < -0.39 is 18.3 Å². The number of carbonyl (C=O) groups is 1. The van der Waals surface area contributed by atoms with Crippen molar-refractivity contribution in [3.05, 3.63) is 24.3 Å². The number of carbonyl (C=O) groups excluding carboxylic acids is 1. The third-order valence-corrected chi connectivity index (χ3v) is 5.13. The number of rotatable bonds is 12. The Kier molecular flexibility index (Phi) is 11.5. The Bertz CT molecular complexity index is 446. The second kappa shape index (κ2) is 13.1. The quantitative estimate of drug-likeness (QED) is 0.280. The number of ether oxygens (including phenoxy) is 1. The zero-order valence-electron chi connectivity index (χ0n) is 16.2. The summed E-state index contributed by atoms with van der Waals surface area (Å²) in [7, 11) is 1.39. The molecule has 5 nitrogen and oxygen atoms in total. The number of allylic oxidation sites excluding steroid dienone is 2. The number of esters is 1. The van der Waals surface area contributed by atoms with Crippen LogP contribution >= 0.6 is 0 Å². The second-order valence-corrected chi connectivity index (χ2v) is 7.24. The normalized spacial score (nSPS) is 27.4. The number of aliphatic hydroxyl groups excluding tert-OH is 3. The van der Waals surface area contributed by atoms with Gasteiger partial charge in [0, 0.05) is 18.8 Å². The highest BCUT2D eigenvalue weighted by Crippen LogP contribution is 2.36. The lowest BCUT2D eigenvalue weighted by Crippen LogP contribution is -2.20. The predicted octanol–water partition coefficient (Wildman–Crippen LogP) is 3.13. The molecule has 1 aliphatic rings. The summed E-state index contributed by atoms with van der Waals surface area (Å²) in [5.74, 6) is -0.373. The molecular formula is C21H36O5. The van der Waals surface area contributed by atoms with Crippen LogP contribution in [0.4, 0.5) is 0 Å². The van der Waals surface area contributed by atoms with Gasteiger partial charge in [0.05, 0.1) is 25.4 Å². The van der Waals surface area contributed by atoms with Crippen LogP contribution in [0.2, 0.25) is 0 Å². The molecule has 3 N–H and O–H groups in total. The molecule has 0 aliphatic heterocycles. The van der Waals surface area contributed by atoms with Gasteiger partial charge in [0.15, 0.2) is 0 Å². The van der Waals surface area contributed by atoms with Gasteiger partial charge in [0.2, 0.25) is 0 Å². The average molecular weight is 369 g/mol. The number of methoxy groups -OCH3 is 1. The lowest BCUT2D eigenvalue weighted by Gasteiger charge is -2.19. The summed E-state index contributed by atoms with van der Waals surface area (Å²) in [6.07, 6.45) is 13.1. The fourth-order valence-electron chi connectivity index (χ4n) is 3.50. The van der Waals surface area contributed by atoms with Crippen molar-refractivity contribution in [2.24, 2.45) is 11.8 Å². The first-order chi connectivity index (χ1) is 12.5. The molecule has 5 heteroatoms. The molecular weight excluding hydrogens is 332 g/mol. The molecule has 0 saturated heterocycles. The molecule has 5 atom stereocenters. The highest BCUT2D eigenvalue weighted by Gasteiger charge is 2.39. The highest BCUT2D eigenvalue weighted by atomic mass is 16.5. The monoisotopic (exact) mass is 368 g/mol. The van der Waals surface area contributed by atoms with Gasteiger partial charge in [0.25, 0.3) is 0 Å². The van der Waals surface area contributed by atoms with Crippen molar-refractivity contribution in [1.29, 1.82) is 0 Å². The molecule has 0 bridgehead atoms. The number of hydrogen-bond donors (Lipinski definition) is 3. The molecule has 26 heavy (non-hydrogen) atoms. The van der Waals surface area contributed by atoms with Crippen LogP contribution in [0.1, 0.15) is 64.7 Å². The van der Waals surface area contributed by atoms with E-state index >= 15 is 0 Å². The molecule has 1 rings (SSSR count). The van der Waals surface area contributed by atoms with Gasteiger partial charge in [0.1, 0.15) is 0 Å². The summed E-state index contributed by atoms with van der Waals surface area (Å²) in [5.41, 5.74) is 0. The molecule has 0 aromatic heterocycles. The van der Waals surface area contributed by atoms with E-state index in [0.29, 0.717) is 19.3 Å². The van der Waals surface area contributed by atoms with Crippen LogP contribution in [0.5, 0.6) is 0 Å². The molecule has 1 aliphatic carbocycles. The van der Waals surface area contributed by atoms with E-state index in [1.54, 1.807) is 6.08 Å². The van der Waals surface area contributed by atoms with Gasteiger partial charge >= 0.3 is 5.97 Å². The lowest BCUT2D eigenvalue weighted by atomic mass is 9.89. The molecule has 0 aromatic rings. The summed E-state index contributed by atoms with van der Waals surface area (Å²) < 4.78 is 4.60. The molecule has 0 amide bonds. The fourth-order valence-corrected chi connectivity index (χ4v) is 3.50. The summed E-state index contributed by atoms with van der Waals surface area (Å²) >= 11 is 0. The first kappa shape index (κ1) is 22.9. The Morgan fingerprint density at radius 1 is 1.19 bits per heavy atom. The highest BCUT2D eigenvalue weighted by molar-refractivity contribution is 5.69. The molecule has 0 heterocycles. The Morgan fingerprint density at radius 3 is 2.65 bits per heavy atom. The van der Waals surface area contributed by atoms with Crippen LogP contribution in [-0.2, 0) is 9.53 Å². The standard InChI is InChI=1S/C21H36O5/c1-3-4-7-10-16(22)13-14-18-17(19(23)15-20(18)24)11-8-5-6-9-12-21(25)26-2/h5,8,13-14,16-20,22-24H,3-4,6-7,9-12,15H2,1-2H3/b8-5+,14-13+/t16-,17+,18-,19-,20+/m0/s1. The Hall–Kier alpha value is -1.17. The van der Waals surface area contributed by atoms with E-state index in [9.17, 15) is 20.1 Å². The van der Waals surface area contributed by atoms with E-state index in [-0.39, 0.29) is 17.8 Å². The van der Waals surface area contributed by atoms with Crippen molar-refractivity contribution in [3.8, 4) is 0 Å². The van der Waals surface area contributed by atoms with E-state index in [2.05, 4.69) is 11.7 Å². The van der Waals surface area contributed by atoms with Gasteiger partial charge in [-0.2, -0.15) is 0 Å². The van der Waals surface area contributed by atoms with Crippen molar-refractivity contribution in [2.75, 3.05) is 7.11 Å². The fraction of sp³-hybridized carbons (Fsp3) is 0.762. The summed E-state index contributed by atoms with van der Waals surface area (Å²) in [6.45, 7) is 2.13. The van der Waals surface area contributed by atoms with Crippen molar-refractivity contribution in [3.63, 3.8) is 0 Å². The van der Waals surface area contributed by atoms with Crippen LogP contribution in [0.25, 0.3) is 0 Å². The van der Waals surface area contributed by atoms with Crippen molar-refractivity contribution in [2.45, 2.75) is 83.0 Å². The topological polar surface area (TPSA) is 87.0 Å². The van der Waals surface area contributed by atoms with Crippen LogP contribution < -0.4 is 0 Å². The zero-order chi connectivity index (χ0) is 19.4. The molecule has 0 unspecified atom stereocenters. The molecule has 150 valence electrons. The summed E-state index contributed by atoms with van der Waals surface area (Å²) in [5, 5.41) is 30.5. The minimum absolute atomic E-state index is 0.0408. The van der Waals surface area contributed by atoms with Crippen LogP contribution in [0.3, 0.4) is 0 Å². The van der Waals surface area contributed by atoms with Crippen molar-refractivity contribution in [1.82, 2.24) is 0 Å². The summed E-state index contributed by atoms with van der Waals surface area (Å²) in [6, 6.07) is 0. The SMILES string of the molecule is CCCCC[C@H](O)/C=C/[C@H]1[C@@H](C/C=C/CCCC(=O)OC)[C@@H](O)C[C@H]1O. The smallest absolute Gasteiger partial charge is 0.305 e. The molecule has 0 spiro atoms. The maximum absolute atomic E-state index is 11.1. The molecule has 1 fully saturated rings. The predicted molar refractivity (Wildman–Crippen MR) is 103 cm³/mol. The zero-order valence-corrected chi connectivity index (χ0v) is 16.2. The molecule has 1 saturated carbocycles. The number of hydrogen-bond acceptors (Lipinski definition) is 5. The van der Waals surface area contributed by atoms with Crippen LogP contribution in [0.15, 0.2) is 24.3 Å². The minimum atomic E-state index is -0.568. The van der Waals surface area contributed by atoms with E-state index in [1.807, 2.05) is 18.2 Å². The van der Waals surface area contributed by atoms with Gasteiger partial charge in [-0.15, -0.1) is 0 Å². The van der Waals surface area contributed by atoms with Gasteiger partial charge in [-0.25, -0.2) is 0 Å². The number of unbranched alkanes of at least 4 members (excludes halogenated alkanes) is 3. The Labute approximate surface area is 157 Å². The van der Waals surface area contributed by atoms with Gasteiger partial charge in [-0.3, -0.25) is 4.79 Å². The van der Waals surface area contributed by atoms with Gasteiger partial charge < -0.3 is 20.1 Å². The summed E-state index contributed by atoms with van der Waals surface area (Å²) in [4.78, 5) is 11.1. The largest absolute Gasteiger partial charge is 0.469 e. The molecule has 0 radical (unpaired) electrons. The van der Waals surface area contributed by atoms with Crippen molar-refractivity contribution < 1.29 is 24.9 Å². The van der Waals surface area contributed by atoms with E-state index in [0.717, 1.165) is 38.5 Å². The number of aliphatic hydroxyl groups is 3. The minimum Gasteiger partial charge on any atom is -0.469 e. The maximum atomic E-state index is 11.1. The van der Waals surface area contributed by atoms with E-state index in [4.69, 9.17) is 0 Å². The third kappa shape index (κ3) is 8.47.